The molecule has 0 fully saturated rings. The fourth-order valence-electron chi connectivity index (χ4n) is 1.11. The number of rotatable bonds is 3. The maximum Gasteiger partial charge on any atom is 0.309 e. The van der Waals surface area contributed by atoms with Gasteiger partial charge in [0.05, 0.1) is 17.7 Å². The standard InChI is InChI=1S/C9H5ClF2N2O2/c10-8-6(3-13)5(9(11)12)1-4(14-8)2-7(15)16/h1,9H,2H2,(H,15,16). The van der Waals surface area contributed by atoms with Crippen molar-refractivity contribution in [1.82, 2.24) is 4.98 Å². The Bertz CT molecular complexity index is 471. The molecule has 0 aromatic carbocycles. The van der Waals surface area contributed by atoms with E-state index in [1.807, 2.05) is 0 Å². The molecule has 84 valence electrons. The van der Waals surface area contributed by atoms with Gasteiger partial charge < -0.3 is 5.11 Å². The van der Waals surface area contributed by atoms with Crippen molar-refractivity contribution < 1.29 is 18.7 Å². The SMILES string of the molecule is N#Cc1c(C(F)F)cc(CC(=O)O)nc1Cl. The van der Waals surface area contributed by atoms with Crippen molar-refractivity contribution in [2.75, 3.05) is 0 Å². The molecule has 0 aliphatic carbocycles. The summed E-state index contributed by atoms with van der Waals surface area (Å²) in [6.45, 7) is 0. The van der Waals surface area contributed by atoms with Crippen LogP contribution in [-0.4, -0.2) is 16.1 Å². The Morgan fingerprint density at radius 3 is 2.75 bits per heavy atom. The van der Waals surface area contributed by atoms with Crippen molar-refractivity contribution in [3.8, 4) is 6.07 Å². The van der Waals surface area contributed by atoms with Crippen molar-refractivity contribution in [3.05, 3.63) is 28.0 Å². The third-order valence-electron chi connectivity index (χ3n) is 1.74. The molecule has 0 unspecified atom stereocenters. The zero-order valence-corrected chi connectivity index (χ0v) is 8.50. The number of aliphatic carboxylic acids is 1. The first-order valence-corrected chi connectivity index (χ1v) is 4.43. The van der Waals surface area contributed by atoms with Crippen LogP contribution in [0.15, 0.2) is 6.07 Å². The van der Waals surface area contributed by atoms with Gasteiger partial charge in [-0.2, -0.15) is 5.26 Å². The Labute approximate surface area is 94.1 Å². The van der Waals surface area contributed by atoms with E-state index in [2.05, 4.69) is 4.98 Å². The smallest absolute Gasteiger partial charge is 0.309 e. The topological polar surface area (TPSA) is 74.0 Å². The number of carboxylic acid groups (broad SMARTS) is 1. The van der Waals surface area contributed by atoms with Crippen LogP contribution < -0.4 is 0 Å². The first-order valence-electron chi connectivity index (χ1n) is 4.05. The summed E-state index contributed by atoms with van der Waals surface area (Å²) in [5, 5.41) is 16.7. The molecular weight excluding hydrogens is 242 g/mol. The van der Waals surface area contributed by atoms with Crippen molar-refractivity contribution in [1.29, 1.82) is 5.26 Å². The van der Waals surface area contributed by atoms with Crippen molar-refractivity contribution in [3.63, 3.8) is 0 Å². The second-order valence-electron chi connectivity index (χ2n) is 2.85. The fourth-order valence-corrected chi connectivity index (χ4v) is 1.37. The van der Waals surface area contributed by atoms with Gasteiger partial charge in [0, 0.05) is 5.56 Å². The Morgan fingerprint density at radius 2 is 2.31 bits per heavy atom. The molecule has 0 saturated heterocycles. The van der Waals surface area contributed by atoms with Gasteiger partial charge in [-0.3, -0.25) is 4.79 Å². The van der Waals surface area contributed by atoms with Crippen LogP contribution in [0.1, 0.15) is 23.2 Å². The quantitative estimate of drug-likeness (QED) is 0.830. The van der Waals surface area contributed by atoms with Gasteiger partial charge in [0.15, 0.2) is 0 Å². The number of hydrogen-bond acceptors (Lipinski definition) is 3. The second-order valence-corrected chi connectivity index (χ2v) is 3.21. The Balaban J connectivity index is 3.29. The van der Waals surface area contributed by atoms with Gasteiger partial charge in [0.2, 0.25) is 0 Å². The van der Waals surface area contributed by atoms with Gasteiger partial charge in [0.25, 0.3) is 6.43 Å². The normalized spacial score (nSPS) is 10.2. The lowest BCUT2D eigenvalue weighted by molar-refractivity contribution is -0.136. The number of carboxylic acids is 1. The molecule has 1 rings (SSSR count). The second kappa shape index (κ2) is 4.86. The van der Waals surface area contributed by atoms with Gasteiger partial charge in [0.1, 0.15) is 11.2 Å². The van der Waals surface area contributed by atoms with Crippen LogP contribution in [0.5, 0.6) is 0 Å². The lowest BCUT2D eigenvalue weighted by atomic mass is 10.1. The summed E-state index contributed by atoms with van der Waals surface area (Å²) in [7, 11) is 0. The monoisotopic (exact) mass is 246 g/mol. The zero-order valence-electron chi connectivity index (χ0n) is 7.75. The molecule has 0 amide bonds. The van der Waals surface area contributed by atoms with Crippen LogP contribution in [0.3, 0.4) is 0 Å². The molecule has 0 aliphatic rings. The predicted molar refractivity (Wildman–Crippen MR) is 50.3 cm³/mol. The van der Waals surface area contributed by atoms with E-state index < -0.39 is 35.1 Å². The molecule has 1 heterocycles. The van der Waals surface area contributed by atoms with Gasteiger partial charge in [-0.25, -0.2) is 13.8 Å². The molecular formula is C9H5ClF2N2O2. The highest BCUT2D eigenvalue weighted by molar-refractivity contribution is 6.30. The van der Waals surface area contributed by atoms with E-state index in [0.29, 0.717) is 0 Å². The number of nitriles is 1. The van der Waals surface area contributed by atoms with Gasteiger partial charge in [-0.05, 0) is 6.07 Å². The van der Waals surface area contributed by atoms with E-state index in [9.17, 15) is 13.6 Å². The molecule has 0 atom stereocenters. The summed E-state index contributed by atoms with van der Waals surface area (Å²) >= 11 is 5.50. The van der Waals surface area contributed by atoms with E-state index in [-0.39, 0.29) is 5.69 Å². The number of halogens is 3. The van der Waals surface area contributed by atoms with Gasteiger partial charge in [-0.15, -0.1) is 0 Å². The minimum Gasteiger partial charge on any atom is -0.481 e. The minimum atomic E-state index is -2.90. The first kappa shape index (κ1) is 12.3. The average molecular weight is 247 g/mol. The van der Waals surface area contributed by atoms with E-state index in [0.717, 1.165) is 6.07 Å². The molecule has 1 aromatic heterocycles. The highest BCUT2D eigenvalue weighted by Crippen LogP contribution is 2.27. The predicted octanol–water partition coefficient (Wildman–Crippen LogP) is 2.17. The summed E-state index contributed by atoms with van der Waals surface area (Å²) in [4.78, 5) is 13.9. The van der Waals surface area contributed by atoms with Gasteiger partial charge in [-0.1, -0.05) is 11.6 Å². The molecule has 1 N–H and O–H groups in total. The molecule has 16 heavy (non-hydrogen) atoms. The molecule has 0 saturated carbocycles. The third kappa shape index (κ3) is 2.64. The fraction of sp³-hybridized carbons (Fsp3) is 0.222. The van der Waals surface area contributed by atoms with E-state index in [1.54, 1.807) is 0 Å². The Morgan fingerprint density at radius 1 is 1.69 bits per heavy atom. The van der Waals surface area contributed by atoms with Crippen LogP contribution in [0.2, 0.25) is 5.15 Å². The van der Waals surface area contributed by atoms with Crippen molar-refractivity contribution >= 4 is 17.6 Å². The first-order chi connectivity index (χ1) is 7.45. The molecule has 0 radical (unpaired) electrons. The number of alkyl halides is 2. The number of aromatic nitrogens is 1. The van der Waals surface area contributed by atoms with E-state index in [1.165, 1.54) is 6.07 Å². The number of hydrogen-bond donors (Lipinski definition) is 1. The van der Waals surface area contributed by atoms with Crippen molar-refractivity contribution in [2.45, 2.75) is 12.8 Å². The lowest BCUT2D eigenvalue weighted by Gasteiger charge is -2.06. The van der Waals surface area contributed by atoms with Gasteiger partial charge >= 0.3 is 5.97 Å². The Kier molecular flexibility index (Phi) is 3.74. The lowest BCUT2D eigenvalue weighted by Crippen LogP contribution is -2.05. The van der Waals surface area contributed by atoms with Crippen LogP contribution in [-0.2, 0) is 11.2 Å². The largest absolute Gasteiger partial charge is 0.481 e. The molecule has 4 nitrogen and oxygen atoms in total. The summed E-state index contributed by atoms with van der Waals surface area (Å²) in [5.41, 5.74) is -1.13. The third-order valence-corrected chi connectivity index (χ3v) is 2.01. The minimum absolute atomic E-state index is 0.105. The van der Waals surface area contributed by atoms with E-state index in [4.69, 9.17) is 22.0 Å². The maximum atomic E-state index is 12.5. The highest BCUT2D eigenvalue weighted by Gasteiger charge is 2.19. The van der Waals surface area contributed by atoms with Crippen LogP contribution in [0, 0.1) is 11.3 Å². The summed E-state index contributed by atoms with van der Waals surface area (Å²) < 4.78 is 25.1. The average Bonchev–Trinajstić information content (AvgIpc) is 2.15. The molecule has 7 heteroatoms. The highest BCUT2D eigenvalue weighted by atomic mass is 35.5. The van der Waals surface area contributed by atoms with E-state index >= 15 is 0 Å². The molecule has 0 bridgehead atoms. The summed E-state index contributed by atoms with van der Waals surface area (Å²) in [6, 6.07) is 2.38. The Hall–Kier alpha value is -1.74. The molecule has 0 spiro atoms. The summed E-state index contributed by atoms with van der Waals surface area (Å²) in [6.07, 6.45) is -3.42. The number of nitrogens with zero attached hydrogens (tertiary/aromatic N) is 2. The van der Waals surface area contributed by atoms with Crippen molar-refractivity contribution in [2.24, 2.45) is 0 Å². The maximum absolute atomic E-state index is 12.5. The molecule has 0 aliphatic heterocycles. The number of carbonyl (C=O) groups is 1. The van der Waals surface area contributed by atoms with Crippen LogP contribution in [0.4, 0.5) is 8.78 Å². The van der Waals surface area contributed by atoms with Crippen LogP contribution in [0.25, 0.3) is 0 Å². The molecule has 1 aromatic rings. The number of pyridine rings is 1. The summed E-state index contributed by atoms with van der Waals surface area (Å²) in [5.74, 6) is -1.21. The zero-order chi connectivity index (χ0) is 12.3. The van der Waals surface area contributed by atoms with Crippen LogP contribution >= 0.6 is 11.6 Å².